The molecule has 0 aliphatic carbocycles. The highest BCUT2D eigenvalue weighted by atomic mass is 16.1. The zero-order valence-corrected chi connectivity index (χ0v) is 13.4. The summed E-state index contributed by atoms with van der Waals surface area (Å²) in [5.74, 6) is 0.846. The quantitative estimate of drug-likeness (QED) is 0.773. The molecule has 1 aliphatic rings. The fraction of sp³-hybridized carbons (Fsp3) is 0.647. The van der Waals surface area contributed by atoms with Crippen molar-refractivity contribution in [1.82, 2.24) is 19.9 Å². The van der Waals surface area contributed by atoms with Crippen LogP contribution in [0.4, 0.5) is 0 Å². The number of hydrogen-bond acceptors (Lipinski definition) is 3. The molecule has 1 fully saturated rings. The Labute approximate surface area is 131 Å². The van der Waals surface area contributed by atoms with Crippen LogP contribution >= 0.6 is 0 Å². The van der Waals surface area contributed by atoms with Gasteiger partial charge in [0.05, 0.1) is 11.8 Å². The van der Waals surface area contributed by atoms with Crippen LogP contribution in [0.15, 0.2) is 17.3 Å². The van der Waals surface area contributed by atoms with Crippen molar-refractivity contribution in [3.8, 4) is 0 Å². The normalized spacial score (nSPS) is 19.2. The summed E-state index contributed by atoms with van der Waals surface area (Å²) in [7, 11) is 0. The zero-order chi connectivity index (χ0) is 15.4. The van der Waals surface area contributed by atoms with Gasteiger partial charge in [-0.05, 0) is 25.3 Å². The number of fused-ring (bicyclic) bond motifs is 1. The molecule has 0 spiro atoms. The third-order valence-corrected chi connectivity index (χ3v) is 4.78. The van der Waals surface area contributed by atoms with Crippen molar-refractivity contribution in [2.24, 2.45) is 5.92 Å². The van der Waals surface area contributed by atoms with Crippen LogP contribution in [-0.2, 0) is 6.54 Å². The highest BCUT2D eigenvalue weighted by Gasteiger charge is 2.23. The van der Waals surface area contributed by atoms with E-state index in [0.29, 0.717) is 5.52 Å². The van der Waals surface area contributed by atoms with Gasteiger partial charge in [-0.1, -0.05) is 32.6 Å². The molecule has 22 heavy (non-hydrogen) atoms. The third kappa shape index (κ3) is 3.40. The Morgan fingerprint density at radius 3 is 3.09 bits per heavy atom. The molecule has 0 aromatic carbocycles. The van der Waals surface area contributed by atoms with Crippen LogP contribution in [-0.4, -0.2) is 32.9 Å². The lowest BCUT2D eigenvalue weighted by Gasteiger charge is -2.15. The Morgan fingerprint density at radius 1 is 1.32 bits per heavy atom. The minimum Gasteiger partial charge on any atom is -0.355 e. The highest BCUT2D eigenvalue weighted by Crippen LogP contribution is 2.25. The van der Waals surface area contributed by atoms with Crippen molar-refractivity contribution in [2.45, 2.75) is 52.0 Å². The number of nitrogens with zero attached hydrogens (tertiary/aromatic N) is 2. The molecule has 0 saturated carbocycles. The molecule has 2 N–H and O–H groups in total. The van der Waals surface area contributed by atoms with Crippen LogP contribution < -0.4 is 5.56 Å². The number of rotatable bonds is 7. The summed E-state index contributed by atoms with van der Waals surface area (Å²) in [5.41, 5.74) is 2.45. The summed E-state index contributed by atoms with van der Waals surface area (Å²) in [6, 6.07) is 0. The van der Waals surface area contributed by atoms with E-state index in [1.165, 1.54) is 51.4 Å². The maximum atomic E-state index is 11.7. The summed E-state index contributed by atoms with van der Waals surface area (Å²) in [6.45, 7) is 5.50. The topological polar surface area (TPSA) is 64.8 Å². The van der Waals surface area contributed by atoms with E-state index in [0.717, 1.165) is 30.1 Å². The number of unbranched alkanes of at least 4 members (excludes halogenated alkanes) is 3. The monoisotopic (exact) mass is 302 g/mol. The van der Waals surface area contributed by atoms with Crippen molar-refractivity contribution < 1.29 is 0 Å². The maximum absolute atomic E-state index is 11.7. The second kappa shape index (κ2) is 7.09. The number of H-pyrrole nitrogens is 2. The minimum absolute atomic E-state index is 0.0912. The summed E-state index contributed by atoms with van der Waals surface area (Å²) < 4.78 is 0. The van der Waals surface area contributed by atoms with E-state index < -0.39 is 0 Å². The first-order chi connectivity index (χ1) is 10.8. The zero-order valence-electron chi connectivity index (χ0n) is 13.4. The molecule has 2 aromatic rings. The Bertz CT molecular complexity index is 660. The van der Waals surface area contributed by atoms with Crippen LogP contribution in [0.3, 0.4) is 0 Å². The average Bonchev–Trinajstić information content (AvgIpc) is 3.13. The first kappa shape index (κ1) is 15.3. The van der Waals surface area contributed by atoms with Crippen LogP contribution in [0.1, 0.15) is 51.0 Å². The predicted octanol–water partition coefficient (Wildman–Crippen LogP) is 3.04. The molecule has 1 aliphatic heterocycles. The van der Waals surface area contributed by atoms with Crippen molar-refractivity contribution in [3.63, 3.8) is 0 Å². The molecular weight excluding hydrogens is 276 g/mol. The largest absolute Gasteiger partial charge is 0.355 e. The standard InChI is InChI=1S/C17H26N4O/c1-2-3-4-5-6-13-7-8-21(10-13)11-14-9-18-16-15(14)19-12-20-17(16)22/h9,12-13,18H,2-8,10-11H2,1H3,(H,19,20,22)/t13-/m1/s1. The van der Waals surface area contributed by atoms with Gasteiger partial charge < -0.3 is 9.97 Å². The Kier molecular flexibility index (Phi) is 4.93. The van der Waals surface area contributed by atoms with E-state index in [1.54, 1.807) is 0 Å². The fourth-order valence-electron chi connectivity index (χ4n) is 3.52. The van der Waals surface area contributed by atoms with E-state index in [-0.39, 0.29) is 5.56 Å². The number of aromatic nitrogens is 3. The van der Waals surface area contributed by atoms with Crippen molar-refractivity contribution in [1.29, 1.82) is 0 Å². The number of nitrogens with one attached hydrogen (secondary N) is 2. The maximum Gasteiger partial charge on any atom is 0.275 e. The van der Waals surface area contributed by atoms with Crippen LogP contribution in [0, 0.1) is 5.92 Å². The second-order valence-electron chi connectivity index (χ2n) is 6.51. The van der Waals surface area contributed by atoms with Gasteiger partial charge in [-0.15, -0.1) is 0 Å². The van der Waals surface area contributed by atoms with E-state index in [9.17, 15) is 4.79 Å². The molecule has 0 amide bonds. The summed E-state index contributed by atoms with van der Waals surface area (Å²) in [6.07, 6.45) is 11.5. The fourth-order valence-corrected chi connectivity index (χ4v) is 3.52. The predicted molar refractivity (Wildman–Crippen MR) is 88.9 cm³/mol. The van der Waals surface area contributed by atoms with Gasteiger partial charge in [0.15, 0.2) is 0 Å². The van der Waals surface area contributed by atoms with Gasteiger partial charge in [0, 0.05) is 24.8 Å². The van der Waals surface area contributed by atoms with Crippen molar-refractivity contribution >= 4 is 11.0 Å². The Morgan fingerprint density at radius 2 is 2.23 bits per heavy atom. The molecule has 0 unspecified atom stereocenters. The summed E-state index contributed by atoms with van der Waals surface area (Å²) in [4.78, 5) is 24.2. The lowest BCUT2D eigenvalue weighted by atomic mass is 10.0. The lowest BCUT2D eigenvalue weighted by molar-refractivity contribution is 0.312. The molecule has 2 aromatic heterocycles. The molecule has 0 radical (unpaired) electrons. The van der Waals surface area contributed by atoms with Crippen molar-refractivity contribution in [3.05, 3.63) is 28.4 Å². The molecule has 3 rings (SSSR count). The van der Waals surface area contributed by atoms with Gasteiger partial charge in [0.2, 0.25) is 0 Å². The first-order valence-electron chi connectivity index (χ1n) is 8.54. The molecule has 1 saturated heterocycles. The first-order valence-corrected chi connectivity index (χ1v) is 8.54. The second-order valence-corrected chi connectivity index (χ2v) is 6.51. The van der Waals surface area contributed by atoms with Gasteiger partial charge >= 0.3 is 0 Å². The van der Waals surface area contributed by atoms with E-state index >= 15 is 0 Å². The van der Waals surface area contributed by atoms with Gasteiger partial charge in [0.25, 0.3) is 5.56 Å². The van der Waals surface area contributed by atoms with Crippen LogP contribution in [0.5, 0.6) is 0 Å². The van der Waals surface area contributed by atoms with Crippen LogP contribution in [0.2, 0.25) is 0 Å². The Hall–Kier alpha value is -1.62. The Balaban J connectivity index is 1.55. The summed E-state index contributed by atoms with van der Waals surface area (Å²) in [5, 5.41) is 0. The smallest absolute Gasteiger partial charge is 0.275 e. The molecule has 1 atom stereocenters. The number of aromatic amines is 2. The lowest BCUT2D eigenvalue weighted by Crippen LogP contribution is -2.20. The van der Waals surface area contributed by atoms with Gasteiger partial charge in [-0.25, -0.2) is 4.98 Å². The molecule has 5 heteroatoms. The molecule has 0 bridgehead atoms. The average molecular weight is 302 g/mol. The third-order valence-electron chi connectivity index (χ3n) is 4.78. The van der Waals surface area contributed by atoms with E-state index in [1.807, 2.05) is 6.20 Å². The van der Waals surface area contributed by atoms with Gasteiger partial charge in [-0.2, -0.15) is 0 Å². The SMILES string of the molecule is CCCCCC[C@@H]1CCN(Cc2c[nH]c3c(=O)[nH]cnc23)C1. The molecule has 5 nitrogen and oxygen atoms in total. The summed E-state index contributed by atoms with van der Waals surface area (Å²) >= 11 is 0. The van der Waals surface area contributed by atoms with Crippen LogP contribution in [0.25, 0.3) is 11.0 Å². The van der Waals surface area contributed by atoms with Gasteiger partial charge in [-0.3, -0.25) is 9.69 Å². The molecular formula is C17H26N4O. The number of hydrogen-bond donors (Lipinski definition) is 2. The molecule has 120 valence electrons. The van der Waals surface area contributed by atoms with Gasteiger partial charge in [0.1, 0.15) is 5.52 Å². The minimum atomic E-state index is -0.0912. The highest BCUT2D eigenvalue weighted by molar-refractivity contribution is 5.77. The van der Waals surface area contributed by atoms with E-state index in [4.69, 9.17) is 0 Å². The number of likely N-dealkylation sites (tertiary alicyclic amines) is 1. The van der Waals surface area contributed by atoms with E-state index in [2.05, 4.69) is 26.8 Å². The van der Waals surface area contributed by atoms with Crippen molar-refractivity contribution in [2.75, 3.05) is 13.1 Å². The molecule has 3 heterocycles.